The Hall–Kier alpha value is -3.40. The number of ether oxygens (including phenoxy) is 2. The number of quaternary nitrogens is 1. The third-order valence-electron chi connectivity index (χ3n) is 4.92. The zero-order valence-corrected chi connectivity index (χ0v) is 22.6. The smallest absolute Gasteiger partial charge is 0.474 e. The minimum Gasteiger partial charge on any atom is -0.493 e. The van der Waals surface area contributed by atoms with Crippen LogP contribution in [0, 0.1) is 11.6 Å². The van der Waals surface area contributed by atoms with Crippen molar-refractivity contribution >= 4 is 32.9 Å². The summed E-state index contributed by atoms with van der Waals surface area (Å²) in [5.41, 5.74) is 2.07. The highest BCUT2D eigenvalue weighted by Gasteiger charge is 2.39. The van der Waals surface area contributed by atoms with E-state index in [2.05, 4.69) is 14.3 Å². The largest absolute Gasteiger partial charge is 0.493 e. The SMILES string of the molecule is CO[NH2+]c1cc(CS(C)(=O)=NC(=O)C(F)(F)F)cc(OCCCOc2cc(F)ccc2-c2nc(Cl)ncc2F)c1. The Bertz CT molecular complexity index is 1500. The van der Waals surface area contributed by atoms with Gasteiger partial charge in [-0.05, 0) is 35.4 Å². The molecule has 2 aromatic carbocycles. The number of hydrogen-bond donors (Lipinski definition) is 1. The van der Waals surface area contributed by atoms with Crippen molar-refractivity contribution in [1.82, 2.24) is 9.97 Å². The monoisotopic (exact) mass is 609 g/mol. The Morgan fingerprint density at radius 3 is 2.55 bits per heavy atom. The van der Waals surface area contributed by atoms with Crippen LogP contribution in [0.2, 0.25) is 5.28 Å². The van der Waals surface area contributed by atoms with Gasteiger partial charge in [0, 0.05) is 36.4 Å². The van der Waals surface area contributed by atoms with Crippen molar-refractivity contribution in [3.63, 3.8) is 0 Å². The maximum Gasteiger partial charge on any atom is 0.474 e. The molecule has 1 amide bonds. The molecule has 0 aliphatic heterocycles. The number of nitrogens with zero attached hydrogens (tertiary/aromatic N) is 3. The lowest BCUT2D eigenvalue weighted by atomic mass is 10.1. The Morgan fingerprint density at radius 2 is 1.85 bits per heavy atom. The van der Waals surface area contributed by atoms with Crippen LogP contribution in [0.15, 0.2) is 47.0 Å². The van der Waals surface area contributed by atoms with Crippen molar-refractivity contribution in [2.75, 3.05) is 26.6 Å². The van der Waals surface area contributed by atoms with Crippen molar-refractivity contribution in [3.8, 4) is 22.8 Å². The summed E-state index contributed by atoms with van der Waals surface area (Å²) in [5, 5.41) is -0.202. The molecular formula is C24H23ClF5N4O5S+. The lowest BCUT2D eigenvalue weighted by molar-refractivity contribution is -0.830. The second-order valence-electron chi connectivity index (χ2n) is 8.29. The van der Waals surface area contributed by atoms with E-state index >= 15 is 0 Å². The molecule has 0 aliphatic carbocycles. The number of benzene rings is 2. The number of rotatable bonds is 11. The van der Waals surface area contributed by atoms with Gasteiger partial charge in [-0.25, -0.2) is 27.8 Å². The fourth-order valence-corrected chi connectivity index (χ4v) is 4.84. The van der Waals surface area contributed by atoms with Gasteiger partial charge in [-0.2, -0.15) is 23.0 Å². The quantitative estimate of drug-likeness (QED) is 0.113. The Kier molecular flexibility index (Phi) is 10.4. The Balaban J connectivity index is 1.68. The molecule has 0 spiro atoms. The molecule has 0 bridgehead atoms. The maximum absolute atomic E-state index is 14.2. The van der Waals surface area contributed by atoms with Gasteiger partial charge in [-0.3, -0.25) is 4.79 Å². The molecule has 0 aliphatic rings. The number of hydrogen-bond acceptors (Lipinski definition) is 7. The van der Waals surface area contributed by atoms with Crippen LogP contribution in [-0.4, -0.2) is 52.8 Å². The molecule has 1 aromatic heterocycles. The number of carbonyl (C=O) groups is 1. The second kappa shape index (κ2) is 13.3. The molecule has 0 saturated carbocycles. The highest BCUT2D eigenvalue weighted by molar-refractivity contribution is 7.92. The van der Waals surface area contributed by atoms with Crippen LogP contribution >= 0.6 is 11.6 Å². The number of alkyl halides is 3. The molecule has 0 fully saturated rings. The number of aromatic nitrogens is 2. The summed E-state index contributed by atoms with van der Waals surface area (Å²) in [6, 6.07) is 7.98. The summed E-state index contributed by atoms with van der Waals surface area (Å²) in [4.78, 5) is 23.5. The van der Waals surface area contributed by atoms with Crippen LogP contribution in [0.5, 0.6) is 11.5 Å². The van der Waals surface area contributed by atoms with E-state index in [1.807, 2.05) is 0 Å². The van der Waals surface area contributed by atoms with E-state index in [-0.39, 0.29) is 47.7 Å². The molecule has 0 saturated heterocycles. The molecule has 3 rings (SSSR count). The first-order valence-corrected chi connectivity index (χ1v) is 13.8. The lowest BCUT2D eigenvalue weighted by Gasteiger charge is -2.13. The van der Waals surface area contributed by atoms with Crippen molar-refractivity contribution in [3.05, 3.63) is 65.1 Å². The van der Waals surface area contributed by atoms with Crippen molar-refractivity contribution in [2.45, 2.75) is 18.3 Å². The van der Waals surface area contributed by atoms with Gasteiger partial charge >= 0.3 is 12.1 Å². The maximum atomic E-state index is 14.2. The first kappa shape index (κ1) is 31.1. The summed E-state index contributed by atoms with van der Waals surface area (Å²) in [6.07, 6.45) is -3.13. The van der Waals surface area contributed by atoms with Gasteiger partial charge < -0.3 is 9.47 Å². The van der Waals surface area contributed by atoms with Crippen LogP contribution in [0.1, 0.15) is 12.0 Å². The van der Waals surface area contributed by atoms with Crippen molar-refractivity contribution in [2.24, 2.45) is 4.36 Å². The summed E-state index contributed by atoms with van der Waals surface area (Å²) in [5.74, 6) is -4.00. The number of halogens is 6. The van der Waals surface area contributed by atoms with Crippen molar-refractivity contribution < 1.29 is 50.7 Å². The Labute approximate surface area is 230 Å². The molecule has 16 heteroatoms. The fourth-order valence-electron chi connectivity index (χ4n) is 3.40. The average molecular weight is 610 g/mol. The molecule has 40 heavy (non-hydrogen) atoms. The van der Waals surface area contributed by atoms with Gasteiger partial charge in [-0.15, -0.1) is 0 Å². The van der Waals surface area contributed by atoms with Gasteiger partial charge in [0.25, 0.3) is 0 Å². The number of amides is 1. The zero-order valence-electron chi connectivity index (χ0n) is 21.0. The second-order valence-corrected chi connectivity index (χ2v) is 11.0. The fraction of sp³-hybridized carbons (Fsp3) is 0.292. The average Bonchev–Trinajstić information content (AvgIpc) is 2.84. The van der Waals surface area contributed by atoms with Gasteiger partial charge in [0.2, 0.25) is 5.28 Å². The third kappa shape index (κ3) is 9.08. The molecule has 1 heterocycles. The zero-order chi connectivity index (χ0) is 29.5. The molecule has 0 radical (unpaired) electrons. The first-order valence-electron chi connectivity index (χ1n) is 11.3. The lowest BCUT2D eigenvalue weighted by Crippen LogP contribution is -2.75. The summed E-state index contributed by atoms with van der Waals surface area (Å²) in [7, 11) is -2.18. The molecule has 3 aromatic rings. The predicted molar refractivity (Wildman–Crippen MR) is 134 cm³/mol. The van der Waals surface area contributed by atoms with E-state index in [4.69, 9.17) is 25.9 Å². The minimum absolute atomic E-state index is 0.0162. The van der Waals surface area contributed by atoms with Crippen LogP contribution in [0.25, 0.3) is 11.3 Å². The predicted octanol–water partition coefficient (Wildman–Crippen LogP) is 4.37. The van der Waals surface area contributed by atoms with Crippen LogP contribution in [-0.2, 0) is 25.1 Å². The standard InChI is InChI=1S/C24H22ClF5N4O5S/c1-37-33-16-8-14(13-40(2,36)34-22(35)24(28,29)30)9-17(11-16)38-6-3-7-39-20-10-15(26)4-5-18(20)21-19(27)12-31-23(25)32-21/h4-5,8-12,33H,3,6-7,13H2,1-2H3/p+1. The molecule has 2 N–H and O–H groups in total. The van der Waals surface area contributed by atoms with Crippen LogP contribution < -0.4 is 15.0 Å². The minimum atomic E-state index is -5.23. The van der Waals surface area contributed by atoms with Gasteiger partial charge in [0.1, 0.15) is 23.0 Å². The first-order chi connectivity index (χ1) is 18.8. The molecule has 1 atom stereocenters. The van der Waals surface area contributed by atoms with E-state index in [9.17, 15) is 31.0 Å². The van der Waals surface area contributed by atoms with Crippen LogP contribution in [0.3, 0.4) is 0 Å². The molecule has 9 nitrogen and oxygen atoms in total. The summed E-state index contributed by atoms with van der Waals surface area (Å²) in [6.45, 7) is 0.0987. The van der Waals surface area contributed by atoms with Crippen LogP contribution in [0.4, 0.5) is 27.6 Å². The molecule has 1 unspecified atom stereocenters. The summed E-state index contributed by atoms with van der Waals surface area (Å²) < 4.78 is 92.5. The van der Waals surface area contributed by atoms with E-state index in [0.29, 0.717) is 11.3 Å². The molecular weight excluding hydrogens is 587 g/mol. The molecule has 216 valence electrons. The van der Waals surface area contributed by atoms with Gasteiger partial charge in [0.15, 0.2) is 11.5 Å². The summed E-state index contributed by atoms with van der Waals surface area (Å²) >= 11 is 5.76. The highest BCUT2D eigenvalue weighted by Crippen LogP contribution is 2.32. The number of carbonyl (C=O) groups excluding carboxylic acids is 1. The highest BCUT2D eigenvalue weighted by atomic mass is 35.5. The third-order valence-corrected chi connectivity index (χ3v) is 6.53. The van der Waals surface area contributed by atoms with Gasteiger partial charge in [-0.1, -0.05) is 0 Å². The van der Waals surface area contributed by atoms with E-state index in [1.54, 1.807) is 6.07 Å². The van der Waals surface area contributed by atoms with Gasteiger partial charge in [0.05, 0.1) is 42.0 Å². The van der Waals surface area contributed by atoms with E-state index in [0.717, 1.165) is 24.6 Å². The van der Waals surface area contributed by atoms with E-state index < -0.39 is 39.2 Å². The van der Waals surface area contributed by atoms with E-state index in [1.165, 1.54) is 30.8 Å². The Morgan fingerprint density at radius 1 is 1.12 bits per heavy atom. The van der Waals surface area contributed by atoms with Crippen molar-refractivity contribution in [1.29, 1.82) is 0 Å². The number of nitrogens with two attached hydrogens (primary N) is 1. The normalized spacial score (nSPS) is 13.0. The topological polar surface area (TPSA) is 117 Å².